The first-order valence-electron chi connectivity index (χ1n) is 8.14. The van der Waals surface area contributed by atoms with Gasteiger partial charge in [-0.05, 0) is 0 Å². The molecular formula is C16H22N4O3S. The van der Waals surface area contributed by atoms with Crippen molar-refractivity contribution in [1.82, 2.24) is 20.1 Å². The number of aromatic nitrogens is 3. The van der Waals surface area contributed by atoms with Gasteiger partial charge < -0.3 is 14.1 Å². The molecule has 0 aliphatic carbocycles. The van der Waals surface area contributed by atoms with Crippen LogP contribution in [0.4, 0.5) is 0 Å². The van der Waals surface area contributed by atoms with Crippen LogP contribution in [0, 0.1) is 0 Å². The van der Waals surface area contributed by atoms with Crippen LogP contribution >= 0.6 is 11.3 Å². The maximum absolute atomic E-state index is 12.9. The van der Waals surface area contributed by atoms with E-state index in [2.05, 4.69) is 29.0 Å². The third kappa shape index (κ3) is 3.34. The zero-order valence-corrected chi connectivity index (χ0v) is 15.2. The number of hydrogen-bond acceptors (Lipinski definition) is 7. The number of rotatable bonds is 4. The van der Waals surface area contributed by atoms with Gasteiger partial charge in [-0.15, -0.1) is 21.5 Å². The SMILES string of the molecule is CC(C)c1nnc(C2COCCN2C(=O)c2csc(C(C)C)n2)o1. The largest absolute Gasteiger partial charge is 0.423 e. The fourth-order valence-corrected chi connectivity index (χ4v) is 3.27. The van der Waals surface area contributed by atoms with E-state index in [1.54, 1.807) is 4.90 Å². The summed E-state index contributed by atoms with van der Waals surface area (Å²) in [5.74, 6) is 1.33. The molecule has 1 aliphatic rings. The van der Waals surface area contributed by atoms with E-state index in [0.29, 0.717) is 43.2 Å². The van der Waals surface area contributed by atoms with E-state index in [-0.39, 0.29) is 17.9 Å². The van der Waals surface area contributed by atoms with Gasteiger partial charge in [0.25, 0.3) is 5.91 Å². The van der Waals surface area contributed by atoms with Gasteiger partial charge in [-0.2, -0.15) is 0 Å². The lowest BCUT2D eigenvalue weighted by molar-refractivity contribution is -0.0110. The predicted molar refractivity (Wildman–Crippen MR) is 89.2 cm³/mol. The minimum atomic E-state index is -0.365. The quantitative estimate of drug-likeness (QED) is 0.843. The van der Waals surface area contributed by atoms with E-state index >= 15 is 0 Å². The monoisotopic (exact) mass is 350 g/mol. The predicted octanol–water partition coefficient (Wildman–Crippen LogP) is 2.99. The first-order chi connectivity index (χ1) is 11.5. The highest BCUT2D eigenvalue weighted by molar-refractivity contribution is 7.09. The molecule has 0 spiro atoms. The number of carbonyl (C=O) groups is 1. The van der Waals surface area contributed by atoms with Crippen LogP contribution in [0.2, 0.25) is 0 Å². The van der Waals surface area contributed by atoms with Crippen LogP contribution in [0.25, 0.3) is 0 Å². The van der Waals surface area contributed by atoms with Gasteiger partial charge in [-0.3, -0.25) is 4.79 Å². The van der Waals surface area contributed by atoms with Gasteiger partial charge in [0.2, 0.25) is 11.8 Å². The van der Waals surface area contributed by atoms with Crippen molar-refractivity contribution in [3.8, 4) is 0 Å². The summed E-state index contributed by atoms with van der Waals surface area (Å²) in [6, 6.07) is -0.365. The van der Waals surface area contributed by atoms with Crippen molar-refractivity contribution in [1.29, 1.82) is 0 Å². The minimum absolute atomic E-state index is 0.115. The maximum atomic E-state index is 12.9. The number of ether oxygens (including phenoxy) is 1. The molecule has 1 saturated heterocycles. The molecule has 3 heterocycles. The molecular weight excluding hydrogens is 328 g/mol. The highest BCUT2D eigenvalue weighted by atomic mass is 32.1. The molecule has 1 unspecified atom stereocenters. The fourth-order valence-electron chi connectivity index (χ4n) is 2.46. The zero-order chi connectivity index (χ0) is 17.3. The molecule has 24 heavy (non-hydrogen) atoms. The maximum Gasteiger partial charge on any atom is 0.274 e. The summed E-state index contributed by atoms with van der Waals surface area (Å²) in [7, 11) is 0. The molecule has 1 amide bonds. The third-order valence-electron chi connectivity index (χ3n) is 3.86. The Bertz CT molecular complexity index is 710. The molecule has 0 bridgehead atoms. The summed E-state index contributed by atoms with van der Waals surface area (Å²) in [4.78, 5) is 19.1. The average Bonchev–Trinajstić information content (AvgIpc) is 3.23. The Hall–Kier alpha value is -1.80. The highest BCUT2D eigenvalue weighted by Crippen LogP contribution is 2.28. The van der Waals surface area contributed by atoms with Crippen molar-refractivity contribution in [3.05, 3.63) is 27.9 Å². The van der Waals surface area contributed by atoms with Crippen molar-refractivity contribution < 1.29 is 13.9 Å². The number of hydrogen-bond donors (Lipinski definition) is 0. The van der Waals surface area contributed by atoms with Gasteiger partial charge in [0.1, 0.15) is 11.7 Å². The number of nitrogens with zero attached hydrogens (tertiary/aromatic N) is 4. The van der Waals surface area contributed by atoms with Crippen LogP contribution in [0.5, 0.6) is 0 Å². The fraction of sp³-hybridized carbons (Fsp3) is 0.625. The molecule has 0 aromatic carbocycles. The van der Waals surface area contributed by atoms with Crippen LogP contribution in [0.15, 0.2) is 9.80 Å². The Morgan fingerprint density at radius 3 is 2.71 bits per heavy atom. The van der Waals surface area contributed by atoms with Crippen LogP contribution in [0.3, 0.4) is 0 Å². The van der Waals surface area contributed by atoms with Gasteiger partial charge in [0.05, 0.1) is 18.2 Å². The summed E-state index contributed by atoms with van der Waals surface area (Å²) < 4.78 is 11.3. The van der Waals surface area contributed by atoms with Gasteiger partial charge in [0, 0.05) is 23.8 Å². The number of morpholine rings is 1. The Morgan fingerprint density at radius 1 is 1.29 bits per heavy atom. The minimum Gasteiger partial charge on any atom is -0.423 e. The van der Waals surface area contributed by atoms with E-state index in [4.69, 9.17) is 9.15 Å². The van der Waals surface area contributed by atoms with Crippen molar-refractivity contribution in [2.45, 2.75) is 45.6 Å². The number of thiazole rings is 1. The van der Waals surface area contributed by atoms with Gasteiger partial charge in [0.15, 0.2) is 0 Å². The van der Waals surface area contributed by atoms with Crippen molar-refractivity contribution >= 4 is 17.2 Å². The molecule has 0 radical (unpaired) electrons. The van der Waals surface area contributed by atoms with E-state index in [1.807, 2.05) is 19.2 Å². The molecule has 1 atom stereocenters. The summed E-state index contributed by atoms with van der Waals surface area (Å²) in [5.41, 5.74) is 0.471. The first kappa shape index (κ1) is 17.0. The lowest BCUT2D eigenvalue weighted by Gasteiger charge is -2.32. The topological polar surface area (TPSA) is 81.4 Å². The summed E-state index contributed by atoms with van der Waals surface area (Å²) in [5, 5.41) is 11.0. The Balaban J connectivity index is 1.84. The molecule has 2 aromatic rings. The second kappa shape index (κ2) is 6.98. The van der Waals surface area contributed by atoms with E-state index in [0.717, 1.165) is 5.01 Å². The van der Waals surface area contributed by atoms with Gasteiger partial charge >= 0.3 is 0 Å². The second-order valence-corrected chi connectivity index (χ2v) is 7.34. The molecule has 7 nitrogen and oxygen atoms in total. The number of carbonyl (C=O) groups excluding carboxylic acids is 1. The van der Waals surface area contributed by atoms with Gasteiger partial charge in [-0.1, -0.05) is 27.7 Å². The van der Waals surface area contributed by atoms with Crippen molar-refractivity contribution in [3.63, 3.8) is 0 Å². The van der Waals surface area contributed by atoms with Crippen LogP contribution in [-0.4, -0.2) is 45.7 Å². The Labute approximate surface area is 145 Å². The lowest BCUT2D eigenvalue weighted by Crippen LogP contribution is -2.43. The molecule has 1 aliphatic heterocycles. The average molecular weight is 350 g/mol. The Kier molecular flexibility index (Phi) is 4.96. The molecule has 8 heteroatoms. The zero-order valence-electron chi connectivity index (χ0n) is 14.4. The molecule has 0 N–H and O–H groups in total. The van der Waals surface area contributed by atoms with Crippen molar-refractivity contribution in [2.75, 3.05) is 19.8 Å². The third-order valence-corrected chi connectivity index (χ3v) is 5.00. The summed E-state index contributed by atoms with van der Waals surface area (Å²) in [6.45, 7) is 9.44. The van der Waals surface area contributed by atoms with E-state index in [1.165, 1.54) is 11.3 Å². The first-order valence-corrected chi connectivity index (χ1v) is 9.02. The Morgan fingerprint density at radius 2 is 2.08 bits per heavy atom. The number of amides is 1. The normalized spacial score (nSPS) is 18.6. The molecule has 3 rings (SSSR count). The standard InChI is InChI=1S/C16H22N4O3S/c1-9(2)13-18-19-14(23-13)12-7-22-6-5-20(12)16(21)11-8-24-15(17-11)10(3)4/h8-10,12H,5-7H2,1-4H3. The van der Waals surface area contributed by atoms with E-state index in [9.17, 15) is 4.79 Å². The van der Waals surface area contributed by atoms with Gasteiger partial charge in [-0.25, -0.2) is 4.98 Å². The lowest BCUT2D eigenvalue weighted by atomic mass is 10.2. The van der Waals surface area contributed by atoms with Crippen LogP contribution in [-0.2, 0) is 4.74 Å². The smallest absolute Gasteiger partial charge is 0.274 e. The molecule has 130 valence electrons. The molecule has 0 saturated carbocycles. The second-order valence-electron chi connectivity index (χ2n) is 6.45. The van der Waals surface area contributed by atoms with E-state index < -0.39 is 0 Å². The molecule has 2 aromatic heterocycles. The van der Waals surface area contributed by atoms with Crippen molar-refractivity contribution in [2.24, 2.45) is 0 Å². The van der Waals surface area contributed by atoms with Crippen LogP contribution < -0.4 is 0 Å². The summed E-state index contributed by atoms with van der Waals surface area (Å²) >= 11 is 1.51. The molecule has 1 fully saturated rings. The van der Waals surface area contributed by atoms with Crippen LogP contribution in [0.1, 0.15) is 72.9 Å². The highest BCUT2D eigenvalue weighted by Gasteiger charge is 2.34. The summed E-state index contributed by atoms with van der Waals surface area (Å²) in [6.07, 6.45) is 0.